The Labute approximate surface area is 185 Å². The Morgan fingerprint density at radius 1 is 1.37 bits per heavy atom. The Bertz CT molecular complexity index is 1010. The van der Waals surface area contributed by atoms with Gasteiger partial charge in [-0.05, 0) is 31.5 Å². The van der Waals surface area contributed by atoms with Gasteiger partial charge in [0, 0.05) is 5.75 Å². The van der Waals surface area contributed by atoms with Gasteiger partial charge in [-0.3, -0.25) is 14.4 Å². The van der Waals surface area contributed by atoms with Crippen LogP contribution < -0.4 is 9.62 Å². The highest BCUT2D eigenvalue weighted by Gasteiger charge is 2.36. The van der Waals surface area contributed by atoms with Crippen LogP contribution in [0.15, 0.2) is 22.5 Å². The number of thioether (sulfide) groups is 1. The van der Waals surface area contributed by atoms with Crippen LogP contribution >= 0.6 is 34.7 Å². The summed E-state index contributed by atoms with van der Waals surface area (Å²) in [5.41, 5.74) is -1.54. The zero-order chi connectivity index (χ0) is 22.7. The van der Waals surface area contributed by atoms with Crippen LogP contribution in [0.4, 0.5) is 24.0 Å². The van der Waals surface area contributed by atoms with E-state index >= 15 is 0 Å². The van der Waals surface area contributed by atoms with E-state index < -0.39 is 38.7 Å². The summed E-state index contributed by atoms with van der Waals surface area (Å²) < 4.78 is 65.4. The van der Waals surface area contributed by atoms with Crippen molar-refractivity contribution < 1.29 is 26.4 Å². The van der Waals surface area contributed by atoms with E-state index in [4.69, 9.17) is 11.6 Å². The number of aromatic nitrogens is 2. The van der Waals surface area contributed by atoms with E-state index in [1.807, 2.05) is 6.92 Å². The number of hydrogen-bond acceptors (Lipinski definition) is 7. The highest BCUT2D eigenvalue weighted by molar-refractivity contribution is 8.01. The number of benzene rings is 1. The number of hydrogen-bond donors (Lipinski definition) is 1. The van der Waals surface area contributed by atoms with Crippen molar-refractivity contribution >= 4 is 61.4 Å². The van der Waals surface area contributed by atoms with E-state index in [0.29, 0.717) is 14.7 Å². The zero-order valence-corrected chi connectivity index (χ0v) is 19.2. The first-order valence-corrected chi connectivity index (χ1v) is 12.5. The first-order chi connectivity index (χ1) is 13.8. The summed E-state index contributed by atoms with van der Waals surface area (Å²) in [7, 11) is -4.11. The van der Waals surface area contributed by atoms with Crippen molar-refractivity contribution in [1.29, 1.82) is 0 Å². The van der Waals surface area contributed by atoms with Crippen LogP contribution in [0.2, 0.25) is 5.02 Å². The van der Waals surface area contributed by atoms with E-state index in [9.17, 15) is 26.4 Å². The molecule has 0 saturated heterocycles. The van der Waals surface area contributed by atoms with Crippen molar-refractivity contribution in [3.8, 4) is 0 Å². The van der Waals surface area contributed by atoms with Crippen molar-refractivity contribution in [2.24, 2.45) is 0 Å². The Hall–Kier alpha value is -1.57. The molecule has 0 spiro atoms. The van der Waals surface area contributed by atoms with Crippen molar-refractivity contribution in [2.75, 3.05) is 21.6 Å². The minimum atomic E-state index is -4.79. The molecule has 0 unspecified atom stereocenters. The van der Waals surface area contributed by atoms with Gasteiger partial charge in [0.1, 0.15) is 6.04 Å². The summed E-state index contributed by atoms with van der Waals surface area (Å²) in [6, 6.07) is 1.27. The number of rotatable bonds is 8. The Morgan fingerprint density at radius 3 is 2.60 bits per heavy atom. The molecule has 7 nitrogen and oxygen atoms in total. The second-order valence-corrected chi connectivity index (χ2v) is 10.7. The van der Waals surface area contributed by atoms with Crippen molar-refractivity contribution in [3.05, 3.63) is 28.8 Å². The van der Waals surface area contributed by atoms with Gasteiger partial charge in [-0.1, -0.05) is 41.6 Å². The maximum atomic E-state index is 13.2. The fourth-order valence-corrected chi connectivity index (χ4v) is 5.47. The predicted molar refractivity (Wildman–Crippen MR) is 113 cm³/mol. The summed E-state index contributed by atoms with van der Waals surface area (Å²) >= 11 is 8.18. The summed E-state index contributed by atoms with van der Waals surface area (Å²) in [6.07, 6.45) is -3.07. The molecular formula is C16H18ClF3N4O3S3. The average molecular weight is 503 g/mol. The zero-order valence-electron chi connectivity index (χ0n) is 16.0. The molecule has 166 valence electrons. The topological polar surface area (TPSA) is 92.3 Å². The lowest BCUT2D eigenvalue weighted by Gasteiger charge is -2.28. The maximum Gasteiger partial charge on any atom is 0.417 e. The Kier molecular flexibility index (Phi) is 7.99. The molecule has 30 heavy (non-hydrogen) atoms. The fourth-order valence-electron chi connectivity index (χ4n) is 2.39. The van der Waals surface area contributed by atoms with Crippen LogP contribution in [0.1, 0.15) is 25.8 Å². The summed E-state index contributed by atoms with van der Waals surface area (Å²) in [5.74, 6) is 0.0472. The van der Waals surface area contributed by atoms with Gasteiger partial charge in [-0.25, -0.2) is 8.42 Å². The molecule has 1 aromatic heterocycles. The second kappa shape index (κ2) is 9.71. The van der Waals surface area contributed by atoms with Crippen LogP contribution in [0.25, 0.3) is 0 Å². The lowest BCUT2D eigenvalue weighted by Crippen LogP contribution is -2.45. The number of carbonyl (C=O) groups is 1. The molecule has 0 aliphatic carbocycles. The van der Waals surface area contributed by atoms with Crippen LogP contribution in [0.3, 0.4) is 0 Å². The molecule has 2 aromatic rings. The molecule has 0 fully saturated rings. The molecule has 2 rings (SSSR count). The summed E-state index contributed by atoms with van der Waals surface area (Å²) in [6.45, 7) is 3.26. The van der Waals surface area contributed by atoms with E-state index in [0.717, 1.165) is 41.9 Å². The first kappa shape index (κ1) is 24.7. The molecule has 0 aliphatic rings. The molecule has 1 atom stereocenters. The molecule has 14 heteroatoms. The molecule has 1 amide bonds. The monoisotopic (exact) mass is 502 g/mol. The number of alkyl halides is 3. The van der Waals surface area contributed by atoms with E-state index in [1.165, 1.54) is 18.7 Å². The molecule has 0 aliphatic heterocycles. The summed E-state index contributed by atoms with van der Waals surface area (Å²) in [5, 5.41) is 9.77. The quantitative estimate of drug-likeness (QED) is 0.422. The molecule has 1 aromatic carbocycles. The molecular weight excluding hydrogens is 485 g/mol. The van der Waals surface area contributed by atoms with E-state index in [1.54, 1.807) is 0 Å². The SMILES string of the molecule is CCCSc1nnc(NC(=O)[C@@H](C)N(c2ccc(Cl)c(C(F)(F)F)c2)S(C)(=O)=O)s1. The minimum Gasteiger partial charge on any atom is -0.299 e. The van der Waals surface area contributed by atoms with E-state index in [-0.39, 0.29) is 10.8 Å². The highest BCUT2D eigenvalue weighted by atomic mass is 35.5. The molecule has 0 bridgehead atoms. The standard InChI is InChI=1S/C16H18ClF3N4O3S3/c1-4-7-28-15-23-22-14(29-15)21-13(25)9(2)24(30(3,26)27)10-5-6-12(17)11(8-10)16(18,19)20/h5-6,8-9H,4,7H2,1-3H3,(H,21,22,25)/t9-/m1/s1. The molecule has 0 saturated carbocycles. The van der Waals surface area contributed by atoms with Gasteiger partial charge in [0.05, 0.1) is 22.5 Å². The average Bonchev–Trinajstić information content (AvgIpc) is 3.06. The lowest BCUT2D eigenvalue weighted by atomic mass is 10.1. The van der Waals surface area contributed by atoms with E-state index in [2.05, 4.69) is 15.5 Å². The van der Waals surface area contributed by atoms with Crippen molar-refractivity contribution in [2.45, 2.75) is 36.8 Å². The normalized spacial score (nSPS) is 13.2. The summed E-state index contributed by atoms with van der Waals surface area (Å²) in [4.78, 5) is 12.6. The van der Waals surface area contributed by atoms with Gasteiger partial charge in [0.15, 0.2) is 4.34 Å². The number of halogens is 4. The third kappa shape index (κ3) is 6.22. The Balaban J connectivity index is 2.31. The number of nitrogens with one attached hydrogen (secondary N) is 1. The van der Waals surface area contributed by atoms with Crippen LogP contribution in [-0.4, -0.2) is 42.6 Å². The van der Waals surface area contributed by atoms with Crippen molar-refractivity contribution in [1.82, 2.24) is 10.2 Å². The van der Waals surface area contributed by atoms with Crippen LogP contribution in [-0.2, 0) is 21.0 Å². The fraction of sp³-hybridized carbons (Fsp3) is 0.438. The largest absolute Gasteiger partial charge is 0.417 e. The minimum absolute atomic E-state index is 0.158. The van der Waals surface area contributed by atoms with Crippen molar-refractivity contribution in [3.63, 3.8) is 0 Å². The maximum absolute atomic E-state index is 13.2. The van der Waals surface area contributed by atoms with Gasteiger partial charge in [-0.2, -0.15) is 13.2 Å². The number of carbonyl (C=O) groups excluding carboxylic acids is 1. The second-order valence-electron chi connectivity index (χ2n) is 6.11. The smallest absolute Gasteiger partial charge is 0.299 e. The predicted octanol–water partition coefficient (Wildman–Crippen LogP) is 4.51. The molecule has 0 radical (unpaired) electrons. The lowest BCUT2D eigenvalue weighted by molar-refractivity contribution is -0.137. The number of sulfonamides is 1. The van der Waals surface area contributed by atoms with Gasteiger partial charge >= 0.3 is 6.18 Å². The molecule has 1 heterocycles. The highest BCUT2D eigenvalue weighted by Crippen LogP contribution is 2.38. The number of nitrogens with zero attached hydrogens (tertiary/aromatic N) is 3. The Morgan fingerprint density at radius 2 is 2.03 bits per heavy atom. The third-order valence-electron chi connectivity index (χ3n) is 3.66. The molecule has 1 N–H and O–H groups in total. The first-order valence-electron chi connectivity index (χ1n) is 8.48. The number of anilines is 2. The van der Waals surface area contributed by atoms with Gasteiger partial charge < -0.3 is 0 Å². The van der Waals surface area contributed by atoms with Gasteiger partial charge in [0.25, 0.3) is 0 Å². The van der Waals surface area contributed by atoms with Crippen LogP contribution in [0.5, 0.6) is 0 Å². The number of amides is 1. The van der Waals surface area contributed by atoms with Crippen LogP contribution in [0, 0.1) is 0 Å². The van der Waals surface area contributed by atoms with Gasteiger partial charge in [-0.15, -0.1) is 10.2 Å². The van der Waals surface area contributed by atoms with Gasteiger partial charge in [0.2, 0.25) is 21.1 Å². The third-order valence-corrected chi connectivity index (χ3v) is 7.41.